The lowest BCUT2D eigenvalue weighted by atomic mass is 10.0. The van der Waals surface area contributed by atoms with Gasteiger partial charge in [0.1, 0.15) is 5.75 Å². The fourth-order valence-electron chi connectivity index (χ4n) is 3.13. The molecule has 0 fully saturated rings. The fourth-order valence-corrected chi connectivity index (χ4v) is 3.33. The van der Waals surface area contributed by atoms with E-state index in [4.69, 9.17) is 12.2 Å². The summed E-state index contributed by atoms with van der Waals surface area (Å²) in [5, 5.41) is 19.3. The lowest BCUT2D eigenvalue weighted by Crippen LogP contribution is -2.34. The van der Waals surface area contributed by atoms with Crippen molar-refractivity contribution in [1.82, 2.24) is 5.32 Å². The molecular formula is C22H16N2O2S. The topological polar surface area (TPSA) is 61.4 Å². The molecule has 4 nitrogen and oxygen atoms in total. The lowest BCUT2D eigenvalue weighted by molar-refractivity contribution is 0.0979. The monoisotopic (exact) mass is 372 g/mol. The summed E-state index contributed by atoms with van der Waals surface area (Å²) in [4.78, 5) is 12.7. The summed E-state index contributed by atoms with van der Waals surface area (Å²) in [7, 11) is 0. The summed E-state index contributed by atoms with van der Waals surface area (Å²) in [5.74, 6) is -0.0614. The van der Waals surface area contributed by atoms with E-state index >= 15 is 0 Å². The van der Waals surface area contributed by atoms with E-state index in [2.05, 4.69) is 10.6 Å². The van der Waals surface area contributed by atoms with Gasteiger partial charge in [0.2, 0.25) is 0 Å². The summed E-state index contributed by atoms with van der Waals surface area (Å²) < 4.78 is 0. The molecule has 0 aliphatic heterocycles. The van der Waals surface area contributed by atoms with Gasteiger partial charge in [0.25, 0.3) is 5.91 Å². The van der Waals surface area contributed by atoms with Crippen molar-refractivity contribution in [3.8, 4) is 5.75 Å². The Morgan fingerprint density at radius 1 is 0.815 bits per heavy atom. The van der Waals surface area contributed by atoms with Crippen LogP contribution in [-0.4, -0.2) is 16.1 Å². The number of fused-ring (bicyclic) bond motifs is 2. The van der Waals surface area contributed by atoms with Gasteiger partial charge in [-0.2, -0.15) is 0 Å². The van der Waals surface area contributed by atoms with E-state index < -0.39 is 0 Å². The third-order valence-corrected chi connectivity index (χ3v) is 4.58. The van der Waals surface area contributed by atoms with Crippen LogP contribution in [0.25, 0.3) is 21.5 Å². The van der Waals surface area contributed by atoms with Crippen LogP contribution in [0.2, 0.25) is 0 Å². The minimum Gasteiger partial charge on any atom is -0.508 e. The maximum absolute atomic E-state index is 12.7. The van der Waals surface area contributed by atoms with Crippen LogP contribution in [0.3, 0.4) is 0 Å². The number of anilines is 1. The molecule has 0 saturated heterocycles. The Bertz CT molecular complexity index is 1180. The largest absolute Gasteiger partial charge is 0.508 e. The Morgan fingerprint density at radius 3 is 2.44 bits per heavy atom. The van der Waals surface area contributed by atoms with E-state index in [0.29, 0.717) is 5.56 Å². The molecule has 3 N–H and O–H groups in total. The molecule has 0 spiro atoms. The SMILES string of the molecule is O=C(NC(=S)Nc1cccc2cc(O)ccc12)c1cccc2ccccc12. The van der Waals surface area contributed by atoms with Gasteiger partial charge in [0, 0.05) is 16.6 Å². The first-order valence-corrected chi connectivity index (χ1v) is 8.84. The van der Waals surface area contributed by atoms with Crippen molar-refractivity contribution >= 4 is 50.5 Å². The molecule has 0 radical (unpaired) electrons. The van der Waals surface area contributed by atoms with Gasteiger partial charge in [0.15, 0.2) is 5.11 Å². The average Bonchev–Trinajstić information content (AvgIpc) is 2.67. The van der Waals surface area contributed by atoms with E-state index in [1.807, 2.05) is 60.7 Å². The number of aromatic hydroxyl groups is 1. The molecule has 0 aliphatic carbocycles. The normalized spacial score (nSPS) is 10.7. The Morgan fingerprint density at radius 2 is 1.56 bits per heavy atom. The first-order valence-electron chi connectivity index (χ1n) is 8.44. The second-order valence-electron chi connectivity index (χ2n) is 6.15. The zero-order valence-corrected chi connectivity index (χ0v) is 15.1. The molecule has 0 atom stereocenters. The highest BCUT2D eigenvalue weighted by molar-refractivity contribution is 7.80. The highest BCUT2D eigenvalue weighted by Crippen LogP contribution is 2.26. The quantitative estimate of drug-likeness (QED) is 0.441. The maximum atomic E-state index is 12.7. The number of carbonyl (C=O) groups is 1. The van der Waals surface area contributed by atoms with Crippen LogP contribution in [0.5, 0.6) is 5.75 Å². The van der Waals surface area contributed by atoms with Gasteiger partial charge < -0.3 is 10.4 Å². The molecule has 132 valence electrons. The number of amides is 1. The molecule has 4 rings (SSSR count). The van der Waals surface area contributed by atoms with Gasteiger partial charge in [0.05, 0.1) is 0 Å². The van der Waals surface area contributed by atoms with Gasteiger partial charge in [-0.3, -0.25) is 10.1 Å². The van der Waals surface area contributed by atoms with Crippen LogP contribution in [0.15, 0.2) is 78.9 Å². The molecule has 0 heterocycles. The highest BCUT2D eigenvalue weighted by Gasteiger charge is 2.12. The zero-order valence-electron chi connectivity index (χ0n) is 14.3. The van der Waals surface area contributed by atoms with Gasteiger partial charge >= 0.3 is 0 Å². The lowest BCUT2D eigenvalue weighted by Gasteiger charge is -2.13. The Balaban J connectivity index is 1.57. The standard InChI is InChI=1S/C22H16N2O2S/c25-16-11-12-18-15(13-16)7-4-10-20(18)23-22(27)24-21(26)19-9-3-6-14-5-1-2-8-17(14)19/h1-13,25H,(H2,23,24,26,27). The Labute approximate surface area is 161 Å². The van der Waals surface area contributed by atoms with Gasteiger partial charge in [-0.1, -0.05) is 48.5 Å². The molecular weight excluding hydrogens is 356 g/mol. The number of benzene rings is 4. The highest BCUT2D eigenvalue weighted by atomic mass is 32.1. The summed E-state index contributed by atoms with van der Waals surface area (Å²) in [6.07, 6.45) is 0. The fraction of sp³-hybridized carbons (Fsp3) is 0. The Kier molecular flexibility index (Phi) is 4.44. The molecule has 0 unspecified atom stereocenters. The molecule has 4 aromatic rings. The van der Waals surface area contributed by atoms with Crippen molar-refractivity contribution < 1.29 is 9.90 Å². The third-order valence-electron chi connectivity index (χ3n) is 4.37. The first kappa shape index (κ1) is 17.0. The molecule has 0 bridgehead atoms. The molecule has 1 amide bonds. The van der Waals surface area contributed by atoms with E-state index in [-0.39, 0.29) is 16.8 Å². The minimum absolute atomic E-state index is 0.200. The van der Waals surface area contributed by atoms with Crippen molar-refractivity contribution in [2.24, 2.45) is 0 Å². The van der Waals surface area contributed by atoms with Gasteiger partial charge in [-0.25, -0.2) is 0 Å². The molecule has 27 heavy (non-hydrogen) atoms. The van der Waals surface area contributed by atoms with Crippen molar-refractivity contribution in [2.75, 3.05) is 5.32 Å². The van der Waals surface area contributed by atoms with Crippen molar-refractivity contribution in [1.29, 1.82) is 0 Å². The number of hydrogen-bond donors (Lipinski definition) is 3. The second-order valence-corrected chi connectivity index (χ2v) is 6.55. The number of thiocarbonyl (C=S) groups is 1. The van der Waals surface area contributed by atoms with Crippen molar-refractivity contribution in [2.45, 2.75) is 0 Å². The van der Waals surface area contributed by atoms with Gasteiger partial charge in [-0.15, -0.1) is 0 Å². The van der Waals surface area contributed by atoms with Crippen LogP contribution in [0.1, 0.15) is 10.4 Å². The summed E-state index contributed by atoms with van der Waals surface area (Å²) in [6.45, 7) is 0. The molecule has 0 aliphatic rings. The second kappa shape index (κ2) is 7.05. The van der Waals surface area contributed by atoms with E-state index in [1.165, 1.54) is 0 Å². The number of nitrogens with one attached hydrogen (secondary N) is 2. The van der Waals surface area contributed by atoms with Crippen LogP contribution in [0, 0.1) is 0 Å². The number of rotatable bonds is 2. The summed E-state index contributed by atoms with van der Waals surface area (Å²) in [5.41, 5.74) is 1.33. The predicted octanol–water partition coefficient (Wildman–Crippen LogP) is 4.83. The molecule has 5 heteroatoms. The number of phenolic OH excluding ortho intramolecular Hbond substituents is 1. The predicted molar refractivity (Wildman–Crippen MR) is 113 cm³/mol. The van der Waals surface area contributed by atoms with Crippen LogP contribution in [0.4, 0.5) is 5.69 Å². The third kappa shape index (κ3) is 3.45. The van der Waals surface area contributed by atoms with Gasteiger partial charge in [-0.05, 0) is 58.7 Å². The van der Waals surface area contributed by atoms with Crippen LogP contribution in [-0.2, 0) is 0 Å². The van der Waals surface area contributed by atoms with Crippen molar-refractivity contribution in [3.63, 3.8) is 0 Å². The van der Waals surface area contributed by atoms with Crippen molar-refractivity contribution in [3.05, 3.63) is 84.4 Å². The minimum atomic E-state index is -0.262. The smallest absolute Gasteiger partial charge is 0.258 e. The maximum Gasteiger partial charge on any atom is 0.258 e. The van der Waals surface area contributed by atoms with E-state index in [1.54, 1.807) is 18.2 Å². The summed E-state index contributed by atoms with van der Waals surface area (Å²) in [6, 6.07) is 24.1. The molecule has 0 aromatic heterocycles. The van der Waals surface area contributed by atoms with E-state index in [0.717, 1.165) is 27.2 Å². The molecule has 4 aromatic carbocycles. The Hall–Kier alpha value is -3.44. The number of phenols is 1. The van der Waals surface area contributed by atoms with E-state index in [9.17, 15) is 9.90 Å². The number of hydrogen-bond acceptors (Lipinski definition) is 3. The zero-order chi connectivity index (χ0) is 18.8. The first-order chi connectivity index (χ1) is 13.1. The number of carbonyl (C=O) groups excluding carboxylic acids is 1. The average molecular weight is 372 g/mol. The summed E-state index contributed by atoms with van der Waals surface area (Å²) >= 11 is 5.33. The molecule has 0 saturated carbocycles. The van der Waals surface area contributed by atoms with Crippen LogP contribution < -0.4 is 10.6 Å². The van der Waals surface area contributed by atoms with Crippen LogP contribution >= 0.6 is 12.2 Å².